The molecule has 0 unspecified atom stereocenters. The minimum Gasteiger partial charge on any atom is -0.394 e. The summed E-state index contributed by atoms with van der Waals surface area (Å²) in [5, 5.41) is 8.78. The Hall–Kier alpha value is -1.40. The van der Waals surface area contributed by atoms with E-state index in [9.17, 15) is 4.79 Å². The number of aliphatic hydroxyl groups excluding tert-OH is 1. The summed E-state index contributed by atoms with van der Waals surface area (Å²) in [7, 11) is 0. The number of aliphatic hydroxyl groups is 1. The lowest BCUT2D eigenvalue weighted by atomic mass is 10.1. The summed E-state index contributed by atoms with van der Waals surface area (Å²) in [6.45, 7) is 7.97. The average molecular weight is 295 g/mol. The third-order valence-electron chi connectivity index (χ3n) is 3.73. The van der Waals surface area contributed by atoms with Gasteiger partial charge in [-0.3, -0.25) is 4.79 Å². The van der Waals surface area contributed by atoms with Crippen LogP contribution in [0.4, 0.5) is 5.82 Å². The number of piperidine rings is 1. The molecule has 0 amide bonds. The van der Waals surface area contributed by atoms with Crippen LogP contribution in [-0.4, -0.2) is 47.1 Å². The van der Waals surface area contributed by atoms with Gasteiger partial charge in [0.15, 0.2) is 5.82 Å². The fraction of sp³-hybridized carbons (Fsp3) is 0.733. The summed E-state index contributed by atoms with van der Waals surface area (Å²) in [6.07, 6.45) is 5.30. The number of ether oxygens (including phenoxy) is 1. The van der Waals surface area contributed by atoms with Gasteiger partial charge in [-0.05, 0) is 33.6 Å². The maximum atomic E-state index is 12.6. The summed E-state index contributed by atoms with van der Waals surface area (Å²) in [5.74, 6) is 0.521. The van der Waals surface area contributed by atoms with Crippen molar-refractivity contribution in [3.8, 4) is 0 Å². The van der Waals surface area contributed by atoms with E-state index >= 15 is 0 Å². The van der Waals surface area contributed by atoms with Crippen molar-refractivity contribution < 1.29 is 9.84 Å². The van der Waals surface area contributed by atoms with Crippen LogP contribution in [0.3, 0.4) is 0 Å². The lowest BCUT2D eigenvalue weighted by Crippen LogP contribution is -2.43. The maximum absolute atomic E-state index is 12.6. The Morgan fingerprint density at radius 2 is 2.05 bits per heavy atom. The van der Waals surface area contributed by atoms with Crippen LogP contribution in [0.1, 0.15) is 33.6 Å². The monoisotopic (exact) mass is 295 g/mol. The number of hydrogen-bond acceptors (Lipinski definition) is 5. The Balaban J connectivity index is 2.09. The summed E-state index contributed by atoms with van der Waals surface area (Å²) >= 11 is 0. The van der Waals surface area contributed by atoms with E-state index in [0.717, 1.165) is 25.9 Å². The highest BCUT2D eigenvalue weighted by Gasteiger charge is 2.24. The maximum Gasteiger partial charge on any atom is 0.293 e. The van der Waals surface area contributed by atoms with Gasteiger partial charge in [0, 0.05) is 31.0 Å². The topological polar surface area (TPSA) is 67.6 Å². The van der Waals surface area contributed by atoms with Gasteiger partial charge in [-0.15, -0.1) is 0 Å². The Bertz CT molecular complexity index is 514. The number of nitrogens with zero attached hydrogens (tertiary/aromatic N) is 3. The second kappa shape index (κ2) is 6.58. The molecule has 1 N–H and O–H groups in total. The highest BCUT2D eigenvalue weighted by atomic mass is 16.5. The molecule has 21 heavy (non-hydrogen) atoms. The van der Waals surface area contributed by atoms with E-state index in [1.807, 2.05) is 25.7 Å². The molecule has 1 aromatic rings. The molecule has 118 valence electrons. The fourth-order valence-electron chi connectivity index (χ4n) is 2.60. The second-order valence-electron chi connectivity index (χ2n) is 6.38. The highest BCUT2D eigenvalue weighted by Crippen LogP contribution is 2.18. The molecule has 0 bridgehead atoms. The average Bonchev–Trinajstić information content (AvgIpc) is 2.45. The minimum absolute atomic E-state index is 0.0419. The van der Waals surface area contributed by atoms with Crippen LogP contribution in [0, 0.1) is 0 Å². The third-order valence-corrected chi connectivity index (χ3v) is 3.73. The van der Waals surface area contributed by atoms with Crippen LogP contribution in [0.5, 0.6) is 0 Å². The minimum atomic E-state index is -0.253. The lowest BCUT2D eigenvalue weighted by Gasteiger charge is -2.33. The number of rotatable bonds is 4. The molecule has 2 heterocycles. The molecule has 0 saturated carbocycles. The molecule has 6 nitrogen and oxygen atoms in total. The van der Waals surface area contributed by atoms with E-state index in [1.165, 1.54) is 0 Å². The van der Waals surface area contributed by atoms with Crippen LogP contribution in [0.15, 0.2) is 17.2 Å². The summed E-state index contributed by atoms with van der Waals surface area (Å²) in [6, 6.07) is 0. The standard InChI is InChI=1S/C15H25N3O3/c1-15(2,3)18-9-6-16-13(14(18)20)17-7-4-12(5-8-17)21-11-10-19/h6,9,12,19H,4-5,7-8,10-11H2,1-3H3. The summed E-state index contributed by atoms with van der Waals surface area (Å²) in [4.78, 5) is 18.9. The molecule has 2 rings (SSSR count). The van der Waals surface area contributed by atoms with E-state index in [0.29, 0.717) is 12.4 Å². The predicted octanol–water partition coefficient (Wildman–Crippen LogP) is 0.976. The molecule has 0 atom stereocenters. The predicted molar refractivity (Wildman–Crippen MR) is 81.8 cm³/mol. The number of anilines is 1. The van der Waals surface area contributed by atoms with Crippen molar-refractivity contribution in [1.82, 2.24) is 9.55 Å². The second-order valence-corrected chi connectivity index (χ2v) is 6.38. The molecule has 1 fully saturated rings. The quantitative estimate of drug-likeness (QED) is 0.896. The molecule has 0 spiro atoms. The van der Waals surface area contributed by atoms with Crippen molar-refractivity contribution >= 4 is 5.82 Å². The van der Waals surface area contributed by atoms with Crippen molar-refractivity contribution in [2.45, 2.75) is 45.3 Å². The van der Waals surface area contributed by atoms with Crippen molar-refractivity contribution in [2.24, 2.45) is 0 Å². The van der Waals surface area contributed by atoms with Crippen LogP contribution in [0.2, 0.25) is 0 Å². The highest BCUT2D eigenvalue weighted by molar-refractivity contribution is 5.36. The molecule has 0 aromatic carbocycles. The Morgan fingerprint density at radius 3 is 2.62 bits per heavy atom. The first-order chi connectivity index (χ1) is 9.93. The molecular weight excluding hydrogens is 270 g/mol. The van der Waals surface area contributed by atoms with Gasteiger partial charge in [0.05, 0.1) is 19.3 Å². The van der Waals surface area contributed by atoms with E-state index in [4.69, 9.17) is 9.84 Å². The molecule has 1 aliphatic heterocycles. The number of aromatic nitrogens is 2. The Labute approximate surface area is 125 Å². The SMILES string of the molecule is CC(C)(C)n1ccnc(N2CCC(OCCO)CC2)c1=O. The van der Waals surface area contributed by atoms with Crippen molar-refractivity contribution in [1.29, 1.82) is 0 Å². The van der Waals surface area contributed by atoms with E-state index in [-0.39, 0.29) is 23.8 Å². The zero-order valence-electron chi connectivity index (χ0n) is 13.1. The molecular formula is C15H25N3O3. The van der Waals surface area contributed by atoms with Crippen LogP contribution in [-0.2, 0) is 10.3 Å². The Morgan fingerprint density at radius 1 is 1.38 bits per heavy atom. The smallest absolute Gasteiger partial charge is 0.293 e. The summed E-state index contributed by atoms with van der Waals surface area (Å²) in [5.41, 5.74) is -0.295. The van der Waals surface area contributed by atoms with E-state index in [1.54, 1.807) is 17.0 Å². The summed E-state index contributed by atoms with van der Waals surface area (Å²) < 4.78 is 7.27. The van der Waals surface area contributed by atoms with Crippen molar-refractivity contribution in [2.75, 3.05) is 31.2 Å². The zero-order valence-corrected chi connectivity index (χ0v) is 13.1. The lowest BCUT2D eigenvalue weighted by molar-refractivity contribution is 0.0158. The van der Waals surface area contributed by atoms with Crippen LogP contribution in [0.25, 0.3) is 0 Å². The van der Waals surface area contributed by atoms with Crippen LogP contribution >= 0.6 is 0 Å². The Kier molecular flexibility index (Phi) is 5.00. The van der Waals surface area contributed by atoms with Gasteiger partial charge >= 0.3 is 0 Å². The first-order valence-electron chi connectivity index (χ1n) is 7.49. The first-order valence-corrected chi connectivity index (χ1v) is 7.49. The largest absolute Gasteiger partial charge is 0.394 e. The first kappa shape index (κ1) is 16.0. The molecule has 0 radical (unpaired) electrons. The van der Waals surface area contributed by atoms with Gasteiger partial charge < -0.3 is 19.3 Å². The van der Waals surface area contributed by atoms with Gasteiger partial charge in [-0.25, -0.2) is 4.98 Å². The molecule has 1 aromatic heterocycles. The fourth-order valence-corrected chi connectivity index (χ4v) is 2.60. The van der Waals surface area contributed by atoms with Crippen molar-refractivity contribution in [3.63, 3.8) is 0 Å². The van der Waals surface area contributed by atoms with Gasteiger partial charge in [0.2, 0.25) is 0 Å². The zero-order chi connectivity index (χ0) is 15.5. The van der Waals surface area contributed by atoms with Crippen LogP contribution < -0.4 is 10.5 Å². The molecule has 0 aliphatic carbocycles. The third kappa shape index (κ3) is 3.83. The molecule has 6 heteroatoms. The number of hydrogen-bond donors (Lipinski definition) is 1. The van der Waals surface area contributed by atoms with Gasteiger partial charge in [0.25, 0.3) is 5.56 Å². The molecule has 1 saturated heterocycles. The van der Waals surface area contributed by atoms with Gasteiger partial charge in [0.1, 0.15) is 0 Å². The van der Waals surface area contributed by atoms with Gasteiger partial charge in [-0.2, -0.15) is 0 Å². The van der Waals surface area contributed by atoms with Gasteiger partial charge in [-0.1, -0.05) is 0 Å². The van der Waals surface area contributed by atoms with E-state index in [2.05, 4.69) is 4.98 Å². The molecule has 1 aliphatic rings. The van der Waals surface area contributed by atoms with Crippen molar-refractivity contribution in [3.05, 3.63) is 22.7 Å². The van der Waals surface area contributed by atoms with E-state index < -0.39 is 0 Å². The normalized spacial score (nSPS) is 17.2.